The van der Waals surface area contributed by atoms with Gasteiger partial charge in [-0.25, -0.2) is 9.59 Å². The molecule has 0 bridgehead atoms. The second-order valence-corrected chi connectivity index (χ2v) is 8.35. The van der Waals surface area contributed by atoms with Gasteiger partial charge in [-0.1, -0.05) is 30.0 Å². The molecule has 10 nitrogen and oxygen atoms in total. The minimum atomic E-state index is -0.650. The summed E-state index contributed by atoms with van der Waals surface area (Å²) in [5, 5.41) is 11.7. The van der Waals surface area contributed by atoms with Crippen LogP contribution in [-0.4, -0.2) is 59.7 Å². The minimum Gasteiger partial charge on any atom is -0.497 e. The first-order valence-corrected chi connectivity index (χ1v) is 11.8. The third-order valence-electron chi connectivity index (χ3n) is 5.08. The van der Waals surface area contributed by atoms with Crippen LogP contribution in [0.2, 0.25) is 0 Å². The molecule has 188 valence electrons. The highest BCUT2D eigenvalue weighted by Gasteiger charge is 2.19. The molecule has 0 radical (unpaired) electrons. The molecule has 0 aliphatic rings. The van der Waals surface area contributed by atoms with Crippen molar-refractivity contribution in [2.75, 3.05) is 32.4 Å². The summed E-state index contributed by atoms with van der Waals surface area (Å²) < 4.78 is 16.6. The van der Waals surface area contributed by atoms with Gasteiger partial charge >= 0.3 is 11.9 Å². The average molecular weight is 511 g/mol. The van der Waals surface area contributed by atoms with Gasteiger partial charge in [-0.05, 0) is 35.9 Å². The second kappa shape index (κ2) is 12.5. The number of rotatable bonds is 11. The van der Waals surface area contributed by atoms with Gasteiger partial charge in [0, 0.05) is 13.0 Å². The lowest BCUT2D eigenvalue weighted by atomic mass is 10.1. The Morgan fingerprint density at radius 1 is 1.03 bits per heavy atom. The molecule has 11 heteroatoms. The van der Waals surface area contributed by atoms with Gasteiger partial charge in [0.05, 0.1) is 43.9 Å². The molecule has 36 heavy (non-hydrogen) atoms. The molecular formula is C25H26N4O6S. The molecule has 3 aromatic rings. The number of amides is 1. The zero-order valence-electron chi connectivity index (χ0n) is 20.1. The molecular weight excluding hydrogens is 484 g/mol. The highest BCUT2D eigenvalue weighted by Crippen LogP contribution is 2.23. The number of carbonyl (C=O) groups excluding carboxylic acids is 3. The van der Waals surface area contributed by atoms with E-state index >= 15 is 0 Å². The Hall–Kier alpha value is -4.12. The zero-order valence-corrected chi connectivity index (χ0v) is 21.0. The van der Waals surface area contributed by atoms with E-state index in [4.69, 9.17) is 14.2 Å². The number of anilines is 1. The number of methoxy groups -OCH3 is 3. The quantitative estimate of drug-likeness (QED) is 0.235. The summed E-state index contributed by atoms with van der Waals surface area (Å²) in [6.07, 6.45) is 2.27. The molecule has 1 heterocycles. The van der Waals surface area contributed by atoms with Crippen molar-refractivity contribution < 1.29 is 28.6 Å². The van der Waals surface area contributed by atoms with Gasteiger partial charge in [0.1, 0.15) is 11.6 Å². The van der Waals surface area contributed by atoms with E-state index in [0.717, 1.165) is 17.1 Å². The lowest BCUT2D eigenvalue weighted by Gasteiger charge is -2.12. The van der Waals surface area contributed by atoms with Gasteiger partial charge in [0.15, 0.2) is 5.16 Å². The van der Waals surface area contributed by atoms with Crippen LogP contribution in [0.5, 0.6) is 5.75 Å². The molecule has 0 fully saturated rings. The molecule has 0 spiro atoms. The number of benzene rings is 2. The Bertz CT molecular complexity index is 1260. The summed E-state index contributed by atoms with van der Waals surface area (Å²) in [6.45, 7) is 4.27. The number of aromatic nitrogens is 3. The molecule has 0 aliphatic heterocycles. The molecule has 0 saturated carbocycles. The van der Waals surface area contributed by atoms with Crippen LogP contribution in [0.25, 0.3) is 0 Å². The van der Waals surface area contributed by atoms with Crippen molar-refractivity contribution in [1.82, 2.24) is 14.8 Å². The van der Waals surface area contributed by atoms with Crippen LogP contribution in [0.1, 0.15) is 32.1 Å². The van der Waals surface area contributed by atoms with E-state index in [-0.39, 0.29) is 22.6 Å². The van der Waals surface area contributed by atoms with Crippen molar-refractivity contribution in [2.45, 2.75) is 18.1 Å². The number of nitrogens with one attached hydrogen (secondary N) is 1. The third kappa shape index (κ3) is 6.51. The van der Waals surface area contributed by atoms with Crippen molar-refractivity contribution in [2.24, 2.45) is 0 Å². The maximum absolute atomic E-state index is 12.7. The molecule has 0 aliphatic carbocycles. The van der Waals surface area contributed by atoms with E-state index < -0.39 is 17.8 Å². The van der Waals surface area contributed by atoms with Crippen LogP contribution in [0.4, 0.5) is 5.69 Å². The van der Waals surface area contributed by atoms with Gasteiger partial charge in [0.2, 0.25) is 5.91 Å². The maximum atomic E-state index is 12.7. The van der Waals surface area contributed by atoms with E-state index in [9.17, 15) is 14.4 Å². The summed E-state index contributed by atoms with van der Waals surface area (Å²) in [5.41, 5.74) is 1.47. The predicted molar refractivity (Wildman–Crippen MR) is 134 cm³/mol. The number of nitrogens with zero attached hydrogens (tertiary/aromatic N) is 3. The highest BCUT2D eigenvalue weighted by atomic mass is 32.2. The highest BCUT2D eigenvalue weighted by molar-refractivity contribution is 7.99. The van der Waals surface area contributed by atoms with Crippen LogP contribution < -0.4 is 10.1 Å². The summed E-state index contributed by atoms with van der Waals surface area (Å²) >= 11 is 1.19. The topological polar surface area (TPSA) is 122 Å². The number of ether oxygens (including phenoxy) is 3. The Kier molecular flexibility index (Phi) is 9.23. The van der Waals surface area contributed by atoms with E-state index in [0.29, 0.717) is 18.1 Å². The average Bonchev–Trinajstić information content (AvgIpc) is 3.27. The monoisotopic (exact) mass is 510 g/mol. The number of esters is 2. The van der Waals surface area contributed by atoms with Gasteiger partial charge in [-0.15, -0.1) is 16.8 Å². The van der Waals surface area contributed by atoms with Crippen LogP contribution in [0.3, 0.4) is 0 Å². The van der Waals surface area contributed by atoms with Crippen molar-refractivity contribution in [3.63, 3.8) is 0 Å². The van der Waals surface area contributed by atoms with Gasteiger partial charge in [-0.2, -0.15) is 0 Å². The molecule has 3 rings (SSSR count). The van der Waals surface area contributed by atoms with E-state index in [1.165, 1.54) is 44.2 Å². The van der Waals surface area contributed by atoms with Crippen LogP contribution in [0.15, 0.2) is 60.3 Å². The second-order valence-electron chi connectivity index (χ2n) is 7.40. The Labute approximate surface area is 212 Å². The van der Waals surface area contributed by atoms with Gasteiger partial charge in [-0.3, -0.25) is 4.79 Å². The summed E-state index contributed by atoms with van der Waals surface area (Å²) in [6, 6.07) is 11.8. The molecule has 1 N–H and O–H groups in total. The first-order valence-electron chi connectivity index (χ1n) is 10.8. The normalized spacial score (nSPS) is 10.4. The van der Waals surface area contributed by atoms with Crippen LogP contribution in [0, 0.1) is 0 Å². The standard InChI is InChI=1S/C25H26N4O6S/c1-5-12-29-21(13-16-6-9-18(33-2)10-7-16)27-28-25(29)36-15-22(30)26-20-14-17(23(31)34-3)8-11-19(20)24(32)35-4/h5-11,14H,1,12-13,15H2,2-4H3,(H,26,30). The van der Waals surface area contributed by atoms with E-state index in [1.807, 2.05) is 28.8 Å². The lowest BCUT2D eigenvalue weighted by Crippen LogP contribution is -2.18. The maximum Gasteiger partial charge on any atom is 0.339 e. The number of carbonyl (C=O) groups is 3. The van der Waals surface area contributed by atoms with Crippen LogP contribution in [-0.2, 0) is 27.2 Å². The Morgan fingerprint density at radius 2 is 1.75 bits per heavy atom. The molecule has 2 aromatic carbocycles. The molecule has 1 amide bonds. The molecule has 1 aromatic heterocycles. The molecule has 0 atom stereocenters. The number of hydrogen-bond donors (Lipinski definition) is 1. The number of hydrogen-bond acceptors (Lipinski definition) is 9. The molecule has 0 saturated heterocycles. The first-order chi connectivity index (χ1) is 17.4. The minimum absolute atomic E-state index is 0.0130. The predicted octanol–water partition coefficient (Wildman–Crippen LogP) is 3.37. The SMILES string of the molecule is C=CCn1c(Cc2ccc(OC)cc2)nnc1SCC(=O)Nc1cc(C(=O)OC)ccc1C(=O)OC. The smallest absolute Gasteiger partial charge is 0.339 e. The Balaban J connectivity index is 1.73. The third-order valence-corrected chi connectivity index (χ3v) is 6.05. The summed E-state index contributed by atoms with van der Waals surface area (Å²) in [4.78, 5) is 36.7. The summed E-state index contributed by atoms with van der Waals surface area (Å²) in [5.74, 6) is -0.179. The fourth-order valence-electron chi connectivity index (χ4n) is 3.29. The largest absolute Gasteiger partial charge is 0.497 e. The van der Waals surface area contributed by atoms with Crippen molar-refractivity contribution in [3.8, 4) is 5.75 Å². The zero-order chi connectivity index (χ0) is 26.1. The number of allylic oxidation sites excluding steroid dienone is 1. The molecule has 0 unspecified atom stereocenters. The fourth-order valence-corrected chi connectivity index (χ4v) is 4.06. The Morgan fingerprint density at radius 3 is 2.39 bits per heavy atom. The first kappa shape index (κ1) is 26.5. The van der Waals surface area contributed by atoms with E-state index in [2.05, 4.69) is 22.1 Å². The van der Waals surface area contributed by atoms with E-state index in [1.54, 1.807) is 13.2 Å². The number of thioether (sulfide) groups is 1. The fraction of sp³-hybridized carbons (Fsp3) is 0.240. The van der Waals surface area contributed by atoms with Gasteiger partial charge in [0.25, 0.3) is 0 Å². The lowest BCUT2D eigenvalue weighted by molar-refractivity contribution is -0.113. The van der Waals surface area contributed by atoms with Crippen LogP contribution >= 0.6 is 11.8 Å². The summed E-state index contributed by atoms with van der Waals surface area (Å²) in [7, 11) is 4.09. The van der Waals surface area contributed by atoms with Gasteiger partial charge < -0.3 is 24.1 Å². The van der Waals surface area contributed by atoms with Crippen molar-refractivity contribution >= 4 is 35.3 Å². The van der Waals surface area contributed by atoms with Crippen molar-refractivity contribution in [3.05, 3.63) is 77.6 Å². The van der Waals surface area contributed by atoms with Crippen molar-refractivity contribution in [1.29, 1.82) is 0 Å².